The maximum absolute atomic E-state index is 3.55. The summed E-state index contributed by atoms with van der Waals surface area (Å²) < 4.78 is 0. The normalized spacial score (nSPS) is 25.5. The van der Waals surface area contributed by atoms with E-state index in [0.717, 1.165) is 18.6 Å². The first kappa shape index (κ1) is 10.0. The highest BCUT2D eigenvalue weighted by atomic mass is 15.3. The summed E-state index contributed by atoms with van der Waals surface area (Å²) in [5, 5.41) is 3.55. The maximum atomic E-state index is 3.55. The van der Waals surface area contributed by atoms with E-state index in [0.29, 0.717) is 0 Å². The molecule has 0 bridgehead atoms. The summed E-state index contributed by atoms with van der Waals surface area (Å²) in [4.78, 5) is 2.51. The predicted molar refractivity (Wildman–Crippen MR) is 53.1 cm³/mol. The van der Waals surface area contributed by atoms with E-state index >= 15 is 0 Å². The Morgan fingerprint density at radius 2 is 2.25 bits per heavy atom. The van der Waals surface area contributed by atoms with Crippen LogP contribution in [0.2, 0.25) is 0 Å². The Hall–Kier alpha value is -0.0800. The standard InChI is InChI=1S/C10H22N2/c1-4-5-12-7-10(11-8-12)6-9(2)3/h9-11H,4-8H2,1-3H3. The van der Waals surface area contributed by atoms with Crippen molar-refractivity contribution in [1.29, 1.82) is 0 Å². The fraction of sp³-hybridized carbons (Fsp3) is 1.00. The zero-order valence-electron chi connectivity index (χ0n) is 8.64. The first-order valence-corrected chi connectivity index (χ1v) is 5.18. The molecule has 0 spiro atoms. The van der Waals surface area contributed by atoms with Crippen molar-refractivity contribution in [2.75, 3.05) is 19.8 Å². The summed E-state index contributed by atoms with van der Waals surface area (Å²) in [6, 6.07) is 0.747. The Bertz CT molecular complexity index is 123. The number of nitrogens with zero attached hydrogens (tertiary/aromatic N) is 1. The lowest BCUT2D eigenvalue weighted by molar-refractivity contribution is 0.327. The molecule has 12 heavy (non-hydrogen) atoms. The Morgan fingerprint density at radius 3 is 2.83 bits per heavy atom. The van der Waals surface area contributed by atoms with Crippen molar-refractivity contribution < 1.29 is 0 Å². The lowest BCUT2D eigenvalue weighted by atomic mass is 10.0. The SMILES string of the molecule is CCCN1CNC(CC(C)C)C1. The van der Waals surface area contributed by atoms with Gasteiger partial charge in [0.15, 0.2) is 0 Å². The molecule has 1 rings (SSSR count). The van der Waals surface area contributed by atoms with E-state index in [9.17, 15) is 0 Å². The highest BCUT2D eigenvalue weighted by Crippen LogP contribution is 2.10. The maximum Gasteiger partial charge on any atom is 0.0483 e. The minimum Gasteiger partial charge on any atom is -0.300 e. The van der Waals surface area contributed by atoms with E-state index in [2.05, 4.69) is 31.0 Å². The van der Waals surface area contributed by atoms with Crippen molar-refractivity contribution in [1.82, 2.24) is 10.2 Å². The van der Waals surface area contributed by atoms with Gasteiger partial charge >= 0.3 is 0 Å². The molecule has 0 aliphatic carbocycles. The molecule has 0 saturated carbocycles. The van der Waals surface area contributed by atoms with Crippen molar-refractivity contribution in [2.45, 2.75) is 39.7 Å². The van der Waals surface area contributed by atoms with Crippen molar-refractivity contribution in [3.8, 4) is 0 Å². The molecule has 1 heterocycles. The minimum atomic E-state index is 0.747. The number of hydrogen-bond donors (Lipinski definition) is 1. The molecule has 1 N–H and O–H groups in total. The molecule has 72 valence electrons. The van der Waals surface area contributed by atoms with E-state index in [1.165, 1.54) is 25.9 Å². The quantitative estimate of drug-likeness (QED) is 0.690. The average Bonchev–Trinajstić information content (AvgIpc) is 2.36. The minimum absolute atomic E-state index is 0.747. The molecule has 2 heteroatoms. The Morgan fingerprint density at radius 1 is 1.50 bits per heavy atom. The van der Waals surface area contributed by atoms with Gasteiger partial charge in [-0.2, -0.15) is 0 Å². The third-order valence-corrected chi connectivity index (χ3v) is 2.38. The highest BCUT2D eigenvalue weighted by Gasteiger charge is 2.20. The molecule has 0 aromatic rings. The van der Waals surface area contributed by atoms with E-state index in [1.54, 1.807) is 0 Å². The van der Waals surface area contributed by atoms with Crippen LogP contribution < -0.4 is 5.32 Å². The molecule has 1 aliphatic heterocycles. The second-order valence-corrected chi connectivity index (χ2v) is 4.27. The van der Waals surface area contributed by atoms with Crippen LogP contribution in [0.5, 0.6) is 0 Å². The Labute approximate surface area is 76.3 Å². The van der Waals surface area contributed by atoms with Crippen LogP contribution in [0.15, 0.2) is 0 Å². The van der Waals surface area contributed by atoms with Gasteiger partial charge in [-0.25, -0.2) is 0 Å². The number of hydrogen-bond acceptors (Lipinski definition) is 2. The summed E-state index contributed by atoms with van der Waals surface area (Å²) in [5.74, 6) is 0.823. The van der Waals surface area contributed by atoms with Crippen LogP contribution in [-0.4, -0.2) is 30.7 Å². The van der Waals surface area contributed by atoms with Gasteiger partial charge in [0, 0.05) is 19.3 Å². The van der Waals surface area contributed by atoms with Gasteiger partial charge in [0.1, 0.15) is 0 Å². The second kappa shape index (κ2) is 4.83. The van der Waals surface area contributed by atoms with Gasteiger partial charge in [0.05, 0.1) is 0 Å². The number of nitrogens with one attached hydrogen (secondary N) is 1. The van der Waals surface area contributed by atoms with Crippen LogP contribution in [0.25, 0.3) is 0 Å². The first-order valence-electron chi connectivity index (χ1n) is 5.18. The van der Waals surface area contributed by atoms with Gasteiger partial charge in [-0.15, -0.1) is 0 Å². The van der Waals surface area contributed by atoms with Gasteiger partial charge in [0.2, 0.25) is 0 Å². The van der Waals surface area contributed by atoms with E-state index in [-0.39, 0.29) is 0 Å². The smallest absolute Gasteiger partial charge is 0.0483 e. The molecule has 0 amide bonds. The number of rotatable bonds is 4. The van der Waals surface area contributed by atoms with Crippen LogP contribution in [0.3, 0.4) is 0 Å². The zero-order chi connectivity index (χ0) is 8.97. The first-order chi connectivity index (χ1) is 5.72. The topological polar surface area (TPSA) is 15.3 Å². The molecule has 1 aliphatic rings. The van der Waals surface area contributed by atoms with Gasteiger partial charge in [-0.05, 0) is 25.3 Å². The van der Waals surface area contributed by atoms with Crippen LogP contribution in [0.1, 0.15) is 33.6 Å². The van der Waals surface area contributed by atoms with E-state index < -0.39 is 0 Å². The molecule has 1 saturated heterocycles. The summed E-state index contributed by atoms with van der Waals surface area (Å²) in [6.07, 6.45) is 2.59. The van der Waals surface area contributed by atoms with Gasteiger partial charge in [-0.3, -0.25) is 4.90 Å². The van der Waals surface area contributed by atoms with Crippen LogP contribution in [0.4, 0.5) is 0 Å². The van der Waals surface area contributed by atoms with Crippen molar-refractivity contribution >= 4 is 0 Å². The molecule has 0 aromatic heterocycles. The highest BCUT2D eigenvalue weighted by molar-refractivity contribution is 4.79. The fourth-order valence-corrected chi connectivity index (χ4v) is 1.91. The molecule has 1 atom stereocenters. The molecule has 2 nitrogen and oxygen atoms in total. The molecule has 0 aromatic carbocycles. The summed E-state index contributed by atoms with van der Waals surface area (Å²) in [6.45, 7) is 10.4. The average molecular weight is 170 g/mol. The second-order valence-electron chi connectivity index (χ2n) is 4.27. The van der Waals surface area contributed by atoms with E-state index in [1.807, 2.05) is 0 Å². The van der Waals surface area contributed by atoms with Gasteiger partial charge < -0.3 is 5.32 Å². The monoisotopic (exact) mass is 170 g/mol. The largest absolute Gasteiger partial charge is 0.300 e. The predicted octanol–water partition coefficient (Wildman–Crippen LogP) is 1.67. The van der Waals surface area contributed by atoms with Crippen LogP contribution in [-0.2, 0) is 0 Å². The fourth-order valence-electron chi connectivity index (χ4n) is 1.91. The molecular formula is C10H22N2. The van der Waals surface area contributed by atoms with Crippen molar-refractivity contribution in [3.63, 3.8) is 0 Å². The molecule has 1 fully saturated rings. The lowest BCUT2D eigenvalue weighted by Crippen LogP contribution is -2.25. The molecule has 1 unspecified atom stereocenters. The van der Waals surface area contributed by atoms with Crippen LogP contribution in [0, 0.1) is 5.92 Å². The van der Waals surface area contributed by atoms with Crippen molar-refractivity contribution in [3.05, 3.63) is 0 Å². The lowest BCUT2D eigenvalue weighted by Gasteiger charge is -2.14. The summed E-state index contributed by atoms with van der Waals surface area (Å²) >= 11 is 0. The zero-order valence-corrected chi connectivity index (χ0v) is 8.64. The van der Waals surface area contributed by atoms with Gasteiger partial charge in [0.25, 0.3) is 0 Å². The van der Waals surface area contributed by atoms with Crippen LogP contribution >= 0.6 is 0 Å². The molecule has 0 radical (unpaired) electrons. The molecular weight excluding hydrogens is 148 g/mol. The third-order valence-electron chi connectivity index (χ3n) is 2.38. The van der Waals surface area contributed by atoms with Gasteiger partial charge in [-0.1, -0.05) is 20.8 Å². The Balaban J connectivity index is 2.16. The van der Waals surface area contributed by atoms with E-state index in [4.69, 9.17) is 0 Å². The summed E-state index contributed by atoms with van der Waals surface area (Å²) in [5.41, 5.74) is 0. The third kappa shape index (κ3) is 3.11. The van der Waals surface area contributed by atoms with Crippen molar-refractivity contribution in [2.24, 2.45) is 5.92 Å². The summed E-state index contributed by atoms with van der Waals surface area (Å²) in [7, 11) is 0. The Kier molecular flexibility index (Phi) is 4.02.